The van der Waals surface area contributed by atoms with Crippen molar-refractivity contribution in [2.24, 2.45) is 11.7 Å². The summed E-state index contributed by atoms with van der Waals surface area (Å²) in [6.07, 6.45) is 2.34. The van der Waals surface area contributed by atoms with E-state index in [-0.39, 0.29) is 12.5 Å². The van der Waals surface area contributed by atoms with Gasteiger partial charge in [-0.15, -0.1) is 0 Å². The van der Waals surface area contributed by atoms with E-state index in [4.69, 9.17) is 10.8 Å². The SMILES string of the molecule is CN1CCCC(CNC(=O)C(N)CO)C1. The number of amides is 1. The van der Waals surface area contributed by atoms with Crippen LogP contribution in [0.5, 0.6) is 0 Å². The molecule has 0 spiro atoms. The number of hydrogen-bond donors (Lipinski definition) is 3. The summed E-state index contributed by atoms with van der Waals surface area (Å²) in [4.78, 5) is 13.6. The van der Waals surface area contributed by atoms with Gasteiger partial charge in [-0.25, -0.2) is 0 Å². The number of hydrogen-bond acceptors (Lipinski definition) is 4. The third kappa shape index (κ3) is 4.15. The summed E-state index contributed by atoms with van der Waals surface area (Å²) in [5, 5.41) is 11.5. The molecule has 1 saturated heterocycles. The standard InChI is InChI=1S/C10H21N3O2/c1-13-4-2-3-8(6-13)5-12-10(15)9(11)7-14/h8-9,14H,2-7,11H2,1H3,(H,12,15). The Morgan fingerprint density at radius 3 is 3.07 bits per heavy atom. The van der Waals surface area contributed by atoms with E-state index in [1.54, 1.807) is 0 Å². The lowest BCUT2D eigenvalue weighted by Crippen LogP contribution is -2.46. The van der Waals surface area contributed by atoms with E-state index in [2.05, 4.69) is 17.3 Å². The number of carbonyl (C=O) groups excluding carboxylic acids is 1. The Morgan fingerprint density at radius 2 is 2.47 bits per heavy atom. The van der Waals surface area contributed by atoms with Crippen LogP contribution in [0.1, 0.15) is 12.8 Å². The Balaban J connectivity index is 2.21. The zero-order valence-corrected chi connectivity index (χ0v) is 9.28. The van der Waals surface area contributed by atoms with Crippen molar-refractivity contribution < 1.29 is 9.90 Å². The van der Waals surface area contributed by atoms with Gasteiger partial charge in [0.05, 0.1) is 6.61 Å². The van der Waals surface area contributed by atoms with Crippen molar-refractivity contribution in [2.75, 3.05) is 33.3 Å². The van der Waals surface area contributed by atoms with Crippen molar-refractivity contribution in [1.82, 2.24) is 10.2 Å². The van der Waals surface area contributed by atoms with Crippen molar-refractivity contribution >= 4 is 5.91 Å². The summed E-state index contributed by atoms with van der Waals surface area (Å²) < 4.78 is 0. The molecular weight excluding hydrogens is 194 g/mol. The summed E-state index contributed by atoms with van der Waals surface area (Å²) in [7, 11) is 2.09. The highest BCUT2D eigenvalue weighted by atomic mass is 16.3. The van der Waals surface area contributed by atoms with Gasteiger partial charge in [0.2, 0.25) is 5.91 Å². The molecule has 4 N–H and O–H groups in total. The number of nitrogens with one attached hydrogen (secondary N) is 1. The molecular formula is C10H21N3O2. The van der Waals surface area contributed by atoms with Crippen molar-refractivity contribution in [1.29, 1.82) is 0 Å². The topological polar surface area (TPSA) is 78.6 Å². The fraction of sp³-hybridized carbons (Fsp3) is 0.900. The van der Waals surface area contributed by atoms with Crippen LogP contribution in [0.4, 0.5) is 0 Å². The molecule has 1 rings (SSSR count). The van der Waals surface area contributed by atoms with Gasteiger partial charge in [-0.05, 0) is 32.4 Å². The third-order valence-electron chi connectivity index (χ3n) is 2.82. The van der Waals surface area contributed by atoms with E-state index in [1.165, 1.54) is 6.42 Å². The zero-order valence-electron chi connectivity index (χ0n) is 9.28. The summed E-state index contributed by atoms with van der Waals surface area (Å²) in [6.45, 7) is 2.53. The smallest absolute Gasteiger partial charge is 0.239 e. The number of nitrogens with zero attached hydrogens (tertiary/aromatic N) is 1. The molecule has 5 nitrogen and oxygen atoms in total. The van der Waals surface area contributed by atoms with Crippen LogP contribution in [0.25, 0.3) is 0 Å². The van der Waals surface area contributed by atoms with Crippen molar-refractivity contribution in [2.45, 2.75) is 18.9 Å². The second-order valence-electron chi connectivity index (χ2n) is 4.30. The maximum absolute atomic E-state index is 11.3. The van der Waals surface area contributed by atoms with E-state index in [0.717, 1.165) is 19.5 Å². The molecule has 0 saturated carbocycles. The number of piperidine rings is 1. The minimum Gasteiger partial charge on any atom is -0.394 e. The predicted molar refractivity (Wildman–Crippen MR) is 58.3 cm³/mol. The minimum atomic E-state index is -0.786. The second-order valence-corrected chi connectivity index (χ2v) is 4.30. The predicted octanol–water partition coefficient (Wildman–Crippen LogP) is -1.24. The van der Waals surface area contributed by atoms with E-state index in [0.29, 0.717) is 12.5 Å². The van der Waals surface area contributed by atoms with Crippen molar-refractivity contribution in [3.05, 3.63) is 0 Å². The van der Waals surface area contributed by atoms with Gasteiger partial charge in [0.15, 0.2) is 0 Å². The van der Waals surface area contributed by atoms with Gasteiger partial charge >= 0.3 is 0 Å². The van der Waals surface area contributed by atoms with Gasteiger partial charge < -0.3 is 21.1 Å². The van der Waals surface area contributed by atoms with Crippen LogP contribution in [0.15, 0.2) is 0 Å². The summed E-state index contributed by atoms with van der Waals surface area (Å²) in [6, 6.07) is -0.786. The molecule has 0 aliphatic carbocycles. The molecule has 5 heteroatoms. The highest BCUT2D eigenvalue weighted by Crippen LogP contribution is 2.13. The van der Waals surface area contributed by atoms with Gasteiger partial charge in [0, 0.05) is 13.1 Å². The number of likely N-dealkylation sites (tertiary alicyclic amines) is 1. The van der Waals surface area contributed by atoms with Gasteiger partial charge in [-0.3, -0.25) is 4.79 Å². The fourth-order valence-corrected chi connectivity index (χ4v) is 1.90. The Bertz CT molecular complexity index is 211. The highest BCUT2D eigenvalue weighted by Gasteiger charge is 2.19. The van der Waals surface area contributed by atoms with E-state index < -0.39 is 6.04 Å². The molecule has 2 atom stereocenters. The maximum atomic E-state index is 11.3. The number of carbonyl (C=O) groups is 1. The Kier molecular flexibility index (Phi) is 5.01. The number of aliphatic hydroxyl groups is 1. The van der Waals surface area contributed by atoms with Crippen LogP contribution < -0.4 is 11.1 Å². The minimum absolute atomic E-state index is 0.259. The van der Waals surface area contributed by atoms with Crippen molar-refractivity contribution in [3.8, 4) is 0 Å². The van der Waals surface area contributed by atoms with Crippen molar-refractivity contribution in [3.63, 3.8) is 0 Å². The molecule has 2 unspecified atom stereocenters. The third-order valence-corrected chi connectivity index (χ3v) is 2.82. The Hall–Kier alpha value is -0.650. The van der Waals surface area contributed by atoms with Gasteiger partial charge in [0.25, 0.3) is 0 Å². The molecule has 1 fully saturated rings. The first-order valence-electron chi connectivity index (χ1n) is 5.46. The molecule has 15 heavy (non-hydrogen) atoms. The average Bonchev–Trinajstić information content (AvgIpc) is 2.25. The van der Waals surface area contributed by atoms with Crippen LogP contribution in [0.2, 0.25) is 0 Å². The van der Waals surface area contributed by atoms with Crippen LogP contribution >= 0.6 is 0 Å². The molecule has 0 aromatic rings. The lowest BCUT2D eigenvalue weighted by atomic mass is 9.98. The number of aliphatic hydroxyl groups excluding tert-OH is 1. The van der Waals surface area contributed by atoms with E-state index >= 15 is 0 Å². The Morgan fingerprint density at radius 1 is 1.73 bits per heavy atom. The first-order valence-corrected chi connectivity index (χ1v) is 5.46. The van der Waals surface area contributed by atoms with E-state index in [1.807, 2.05) is 0 Å². The molecule has 1 aliphatic heterocycles. The largest absolute Gasteiger partial charge is 0.394 e. The Labute approximate surface area is 90.6 Å². The average molecular weight is 215 g/mol. The van der Waals surface area contributed by atoms with Crippen LogP contribution in [0, 0.1) is 5.92 Å². The number of nitrogens with two attached hydrogens (primary N) is 1. The first-order chi connectivity index (χ1) is 7.13. The number of rotatable bonds is 4. The summed E-state index contributed by atoms with van der Waals surface area (Å²) in [5.41, 5.74) is 5.39. The molecule has 0 radical (unpaired) electrons. The fourth-order valence-electron chi connectivity index (χ4n) is 1.90. The first kappa shape index (κ1) is 12.4. The molecule has 1 aliphatic rings. The summed E-state index contributed by atoms with van der Waals surface area (Å²) in [5.74, 6) is 0.254. The van der Waals surface area contributed by atoms with Crippen LogP contribution in [-0.4, -0.2) is 55.2 Å². The van der Waals surface area contributed by atoms with Crippen LogP contribution in [-0.2, 0) is 4.79 Å². The maximum Gasteiger partial charge on any atom is 0.239 e. The monoisotopic (exact) mass is 215 g/mol. The van der Waals surface area contributed by atoms with Crippen LogP contribution in [0.3, 0.4) is 0 Å². The lowest BCUT2D eigenvalue weighted by Gasteiger charge is -2.29. The lowest BCUT2D eigenvalue weighted by molar-refractivity contribution is -0.123. The molecule has 1 heterocycles. The van der Waals surface area contributed by atoms with Gasteiger partial charge in [-0.1, -0.05) is 0 Å². The molecule has 88 valence electrons. The quantitative estimate of drug-likeness (QED) is 0.548. The molecule has 0 bridgehead atoms. The zero-order chi connectivity index (χ0) is 11.3. The highest BCUT2D eigenvalue weighted by molar-refractivity contribution is 5.81. The van der Waals surface area contributed by atoms with Gasteiger partial charge in [-0.2, -0.15) is 0 Å². The summed E-state index contributed by atoms with van der Waals surface area (Å²) >= 11 is 0. The second kappa shape index (κ2) is 6.05. The normalized spacial score (nSPS) is 24.9. The molecule has 0 aromatic heterocycles. The van der Waals surface area contributed by atoms with Gasteiger partial charge in [0.1, 0.15) is 6.04 Å². The molecule has 1 amide bonds. The van der Waals surface area contributed by atoms with E-state index in [9.17, 15) is 4.79 Å². The molecule has 0 aromatic carbocycles.